The molecule has 1 fully saturated rings. The summed E-state index contributed by atoms with van der Waals surface area (Å²) in [5.74, 6) is 0.395. The molecule has 0 aromatic carbocycles. The first-order valence-electron chi connectivity index (χ1n) is 8.20. The number of primary amides is 1. The van der Waals surface area contributed by atoms with E-state index in [1.807, 2.05) is 12.3 Å². The van der Waals surface area contributed by atoms with Crippen LogP contribution in [0.3, 0.4) is 0 Å². The summed E-state index contributed by atoms with van der Waals surface area (Å²) in [5.41, 5.74) is 8.11. The van der Waals surface area contributed by atoms with Crippen molar-refractivity contribution in [1.82, 2.24) is 10.3 Å². The molecule has 0 bridgehead atoms. The number of rotatable bonds is 4. The summed E-state index contributed by atoms with van der Waals surface area (Å²) in [7, 11) is 0. The average Bonchev–Trinajstić information content (AvgIpc) is 3.03. The predicted molar refractivity (Wildman–Crippen MR) is 89.4 cm³/mol. The van der Waals surface area contributed by atoms with E-state index < -0.39 is 0 Å². The van der Waals surface area contributed by atoms with Crippen LogP contribution in [-0.2, 0) is 9.59 Å². The van der Waals surface area contributed by atoms with Crippen molar-refractivity contribution in [2.45, 2.75) is 44.1 Å². The van der Waals surface area contributed by atoms with Gasteiger partial charge in [0, 0.05) is 12.2 Å². The van der Waals surface area contributed by atoms with E-state index in [1.54, 1.807) is 0 Å². The molecule has 122 valence electrons. The third-order valence-corrected chi connectivity index (χ3v) is 5.10. The maximum absolute atomic E-state index is 11.6. The molecule has 4 N–H and O–H groups in total. The van der Waals surface area contributed by atoms with E-state index >= 15 is 0 Å². The smallest absolute Gasteiger partial charge is 0.250 e. The zero-order valence-electron chi connectivity index (χ0n) is 13.2. The van der Waals surface area contributed by atoms with Crippen LogP contribution in [0.25, 0.3) is 5.57 Å². The van der Waals surface area contributed by atoms with Crippen LogP contribution in [0.15, 0.2) is 31.0 Å². The molecule has 2 amide bonds. The molecule has 3 atom stereocenters. The van der Waals surface area contributed by atoms with Gasteiger partial charge in [-0.05, 0) is 55.2 Å². The molecule has 2 aliphatic carbocycles. The molecule has 1 saturated carbocycles. The van der Waals surface area contributed by atoms with E-state index in [2.05, 4.69) is 22.9 Å². The molecule has 2 aliphatic rings. The van der Waals surface area contributed by atoms with Gasteiger partial charge in [-0.2, -0.15) is 0 Å². The lowest BCUT2D eigenvalue weighted by atomic mass is 9.71. The maximum Gasteiger partial charge on any atom is 0.250 e. The van der Waals surface area contributed by atoms with E-state index in [0.717, 1.165) is 37.8 Å². The number of amides is 2. The van der Waals surface area contributed by atoms with Gasteiger partial charge in [0.05, 0.1) is 11.3 Å². The zero-order valence-corrected chi connectivity index (χ0v) is 13.2. The van der Waals surface area contributed by atoms with Gasteiger partial charge in [0.15, 0.2) is 0 Å². The number of hydrogen-bond donors (Lipinski definition) is 3. The quantitative estimate of drug-likeness (QED) is 0.744. The highest BCUT2D eigenvalue weighted by molar-refractivity contribution is 6.18. The van der Waals surface area contributed by atoms with Crippen molar-refractivity contribution >= 4 is 17.4 Å². The lowest BCUT2D eigenvalue weighted by Crippen LogP contribution is -2.39. The van der Waals surface area contributed by atoms with Gasteiger partial charge in [-0.25, -0.2) is 0 Å². The molecule has 0 saturated heterocycles. The number of carbonyl (C=O) groups excluding carboxylic acids is 2. The second kappa shape index (κ2) is 6.44. The number of aromatic nitrogens is 1. The minimum atomic E-state index is -0.382. The molecule has 1 aromatic heterocycles. The van der Waals surface area contributed by atoms with E-state index in [0.29, 0.717) is 17.4 Å². The number of H-pyrrole nitrogens is 1. The third kappa shape index (κ3) is 3.09. The van der Waals surface area contributed by atoms with Crippen molar-refractivity contribution in [1.29, 1.82) is 0 Å². The number of fused-ring (bicyclic) bond motifs is 1. The van der Waals surface area contributed by atoms with Crippen LogP contribution in [0.2, 0.25) is 0 Å². The number of allylic oxidation sites excluding steroid dienone is 1. The topological polar surface area (TPSA) is 88.0 Å². The van der Waals surface area contributed by atoms with Crippen LogP contribution in [0, 0.1) is 5.92 Å². The molecular weight excluding hydrogens is 290 g/mol. The molecule has 0 radical (unpaired) electrons. The Labute approximate surface area is 136 Å². The monoisotopic (exact) mass is 313 g/mol. The molecule has 0 spiro atoms. The largest absolute Gasteiger partial charge is 0.366 e. The summed E-state index contributed by atoms with van der Waals surface area (Å²) in [6.45, 7) is 3.51. The SMILES string of the molecule is C=CC(=O)NC1CCCC(C2CC=C(C(N)=O)c3[nH]ccc32)C1. The second-order valence-electron chi connectivity index (χ2n) is 6.47. The van der Waals surface area contributed by atoms with Gasteiger partial charge >= 0.3 is 0 Å². The van der Waals surface area contributed by atoms with E-state index in [1.165, 1.54) is 11.6 Å². The highest BCUT2D eigenvalue weighted by Crippen LogP contribution is 2.43. The molecular formula is C18H23N3O2. The van der Waals surface area contributed by atoms with Gasteiger partial charge in [0.2, 0.25) is 11.8 Å². The van der Waals surface area contributed by atoms with Crippen LogP contribution in [0.1, 0.15) is 49.3 Å². The lowest BCUT2D eigenvalue weighted by Gasteiger charge is -2.36. The van der Waals surface area contributed by atoms with Crippen molar-refractivity contribution in [2.24, 2.45) is 11.7 Å². The minimum Gasteiger partial charge on any atom is -0.366 e. The van der Waals surface area contributed by atoms with Gasteiger partial charge in [-0.3, -0.25) is 9.59 Å². The number of aromatic amines is 1. The number of hydrogen-bond acceptors (Lipinski definition) is 2. The molecule has 1 heterocycles. The summed E-state index contributed by atoms with van der Waals surface area (Å²) in [6.07, 6.45) is 10.2. The predicted octanol–water partition coefficient (Wildman–Crippen LogP) is 2.23. The Kier molecular flexibility index (Phi) is 4.37. The van der Waals surface area contributed by atoms with Gasteiger partial charge < -0.3 is 16.0 Å². The molecule has 3 unspecified atom stereocenters. The van der Waals surface area contributed by atoms with Crippen LogP contribution in [0.4, 0.5) is 0 Å². The van der Waals surface area contributed by atoms with E-state index in [9.17, 15) is 9.59 Å². The molecule has 1 aromatic rings. The summed E-state index contributed by atoms with van der Waals surface area (Å²) in [4.78, 5) is 26.3. The minimum absolute atomic E-state index is 0.0995. The fraction of sp³-hybridized carbons (Fsp3) is 0.444. The Bertz CT molecular complexity index is 659. The third-order valence-electron chi connectivity index (χ3n) is 5.10. The average molecular weight is 313 g/mol. The Balaban J connectivity index is 1.77. The Morgan fingerprint density at radius 3 is 2.96 bits per heavy atom. The van der Waals surface area contributed by atoms with Crippen molar-refractivity contribution in [3.05, 3.63) is 42.3 Å². The van der Waals surface area contributed by atoms with Crippen molar-refractivity contribution in [3.63, 3.8) is 0 Å². The zero-order chi connectivity index (χ0) is 16.4. The van der Waals surface area contributed by atoms with E-state index in [4.69, 9.17) is 5.73 Å². The number of nitrogens with two attached hydrogens (primary N) is 1. The normalized spacial score (nSPS) is 26.8. The van der Waals surface area contributed by atoms with Gasteiger partial charge in [0.1, 0.15) is 0 Å². The van der Waals surface area contributed by atoms with Gasteiger partial charge in [0.25, 0.3) is 0 Å². The van der Waals surface area contributed by atoms with Crippen LogP contribution in [0.5, 0.6) is 0 Å². The molecule has 0 aliphatic heterocycles. The first kappa shape index (κ1) is 15.6. The summed E-state index contributed by atoms with van der Waals surface area (Å²) >= 11 is 0. The summed E-state index contributed by atoms with van der Waals surface area (Å²) in [5, 5.41) is 3.03. The van der Waals surface area contributed by atoms with Crippen molar-refractivity contribution < 1.29 is 9.59 Å². The summed E-state index contributed by atoms with van der Waals surface area (Å²) in [6, 6.07) is 2.27. The molecule has 5 heteroatoms. The molecule has 3 rings (SSSR count). The number of nitrogens with one attached hydrogen (secondary N) is 2. The molecule has 5 nitrogen and oxygen atoms in total. The van der Waals surface area contributed by atoms with Gasteiger partial charge in [-0.1, -0.05) is 19.1 Å². The Morgan fingerprint density at radius 1 is 1.39 bits per heavy atom. The van der Waals surface area contributed by atoms with Crippen molar-refractivity contribution in [2.75, 3.05) is 0 Å². The van der Waals surface area contributed by atoms with E-state index in [-0.39, 0.29) is 17.9 Å². The fourth-order valence-corrected chi connectivity index (χ4v) is 4.05. The van der Waals surface area contributed by atoms with Crippen LogP contribution < -0.4 is 11.1 Å². The Hall–Kier alpha value is -2.30. The first-order chi connectivity index (χ1) is 11.1. The standard InChI is InChI=1S/C18H23N3O2/c1-2-16(22)21-12-5-3-4-11(10-12)13-6-7-15(18(19)23)17-14(13)8-9-20-17/h2,7-9,11-13,20H,1,3-6,10H2,(H2,19,23)(H,21,22). The highest BCUT2D eigenvalue weighted by atomic mass is 16.1. The Morgan fingerprint density at radius 2 is 2.22 bits per heavy atom. The fourth-order valence-electron chi connectivity index (χ4n) is 4.05. The van der Waals surface area contributed by atoms with Crippen molar-refractivity contribution in [3.8, 4) is 0 Å². The van der Waals surface area contributed by atoms with Crippen LogP contribution in [-0.4, -0.2) is 22.8 Å². The molecule has 23 heavy (non-hydrogen) atoms. The maximum atomic E-state index is 11.6. The summed E-state index contributed by atoms with van der Waals surface area (Å²) < 4.78 is 0. The second-order valence-corrected chi connectivity index (χ2v) is 6.47. The highest BCUT2D eigenvalue weighted by Gasteiger charge is 2.34. The number of carbonyl (C=O) groups is 2. The lowest BCUT2D eigenvalue weighted by molar-refractivity contribution is -0.117. The van der Waals surface area contributed by atoms with Gasteiger partial charge in [-0.15, -0.1) is 0 Å². The first-order valence-corrected chi connectivity index (χ1v) is 8.20. The van der Waals surface area contributed by atoms with Crippen LogP contribution >= 0.6 is 0 Å².